The van der Waals surface area contributed by atoms with Crippen LogP contribution in [0.4, 0.5) is 0 Å². The number of carbonyl (C=O) groups is 1. The molecule has 0 radical (unpaired) electrons. The number of carbonyl (C=O) groups excluding carboxylic acids is 1. The van der Waals surface area contributed by atoms with Gasteiger partial charge in [0.25, 0.3) is 5.91 Å². The van der Waals surface area contributed by atoms with Gasteiger partial charge in [-0.15, -0.1) is 11.3 Å². The smallest absolute Gasteiger partial charge is 0.251 e. The Bertz CT molecular complexity index is 878. The fourth-order valence-electron chi connectivity index (χ4n) is 3.77. The number of hydrogen-bond donors (Lipinski definition) is 1. The quantitative estimate of drug-likeness (QED) is 0.675. The zero-order valence-corrected chi connectivity index (χ0v) is 16.7. The Morgan fingerprint density at radius 1 is 1.11 bits per heavy atom. The number of amides is 1. The predicted molar refractivity (Wildman–Crippen MR) is 114 cm³/mol. The molecule has 2 heterocycles. The molecule has 1 saturated heterocycles. The Balaban J connectivity index is 1.29. The van der Waals surface area contributed by atoms with Crippen molar-refractivity contribution in [2.45, 2.75) is 19.4 Å². The van der Waals surface area contributed by atoms with Crippen molar-refractivity contribution in [2.24, 2.45) is 5.92 Å². The molecule has 0 aliphatic carbocycles. The van der Waals surface area contributed by atoms with Crippen molar-refractivity contribution in [2.75, 3.05) is 19.6 Å². The molecule has 0 bridgehead atoms. The summed E-state index contributed by atoms with van der Waals surface area (Å²) in [5, 5.41) is 6.33. The molecule has 4 nitrogen and oxygen atoms in total. The van der Waals surface area contributed by atoms with Gasteiger partial charge in [0, 0.05) is 30.2 Å². The molecule has 1 unspecified atom stereocenters. The lowest BCUT2D eigenvalue weighted by atomic mass is 9.98. The molecule has 5 heteroatoms. The topological polar surface area (TPSA) is 45.2 Å². The first-order valence-corrected chi connectivity index (χ1v) is 10.7. The molecule has 1 aliphatic heterocycles. The van der Waals surface area contributed by atoms with Crippen molar-refractivity contribution in [1.29, 1.82) is 0 Å². The molecule has 1 amide bonds. The maximum atomic E-state index is 12.5. The second kappa shape index (κ2) is 9.13. The fourth-order valence-corrected chi connectivity index (χ4v) is 4.43. The summed E-state index contributed by atoms with van der Waals surface area (Å²) in [6, 6.07) is 18.1. The molecule has 28 heavy (non-hydrogen) atoms. The minimum absolute atomic E-state index is 0.0108. The molecule has 2 aromatic carbocycles. The lowest BCUT2D eigenvalue weighted by Gasteiger charge is -2.32. The van der Waals surface area contributed by atoms with E-state index in [2.05, 4.69) is 27.3 Å². The van der Waals surface area contributed by atoms with Gasteiger partial charge < -0.3 is 5.32 Å². The van der Waals surface area contributed by atoms with Gasteiger partial charge in [-0.1, -0.05) is 42.5 Å². The molecule has 1 aromatic heterocycles. The van der Waals surface area contributed by atoms with Crippen LogP contribution in [0.3, 0.4) is 0 Å². The maximum absolute atomic E-state index is 12.5. The van der Waals surface area contributed by atoms with Gasteiger partial charge in [0.2, 0.25) is 0 Å². The van der Waals surface area contributed by atoms with E-state index in [0.29, 0.717) is 5.92 Å². The molecule has 144 valence electrons. The van der Waals surface area contributed by atoms with Gasteiger partial charge in [0.05, 0.1) is 6.54 Å². The number of thiazole rings is 1. The average molecular weight is 392 g/mol. The highest BCUT2D eigenvalue weighted by Gasteiger charge is 2.21. The van der Waals surface area contributed by atoms with E-state index >= 15 is 0 Å². The summed E-state index contributed by atoms with van der Waals surface area (Å²) in [5.74, 6) is 0.512. The van der Waals surface area contributed by atoms with Crippen LogP contribution in [0.1, 0.15) is 28.2 Å². The SMILES string of the molecule is O=C(NCC1CCCN(Cc2nccs2)C1)c1ccc(-c2ccccc2)cc1. The van der Waals surface area contributed by atoms with E-state index in [9.17, 15) is 4.79 Å². The minimum Gasteiger partial charge on any atom is -0.352 e. The Kier molecular flexibility index (Phi) is 6.14. The normalized spacial score (nSPS) is 17.4. The third-order valence-corrected chi connectivity index (χ3v) is 6.02. The molecule has 1 N–H and O–H groups in total. The average Bonchev–Trinajstić information content (AvgIpc) is 3.26. The van der Waals surface area contributed by atoms with Crippen molar-refractivity contribution in [1.82, 2.24) is 15.2 Å². The summed E-state index contributed by atoms with van der Waals surface area (Å²) < 4.78 is 0. The van der Waals surface area contributed by atoms with Gasteiger partial charge >= 0.3 is 0 Å². The second-order valence-electron chi connectivity index (χ2n) is 7.32. The zero-order valence-electron chi connectivity index (χ0n) is 15.9. The van der Waals surface area contributed by atoms with Crippen molar-refractivity contribution >= 4 is 17.2 Å². The molecule has 0 saturated carbocycles. The highest BCUT2D eigenvalue weighted by atomic mass is 32.1. The van der Waals surface area contributed by atoms with Crippen LogP contribution in [0, 0.1) is 5.92 Å². The van der Waals surface area contributed by atoms with E-state index in [1.807, 2.05) is 54.0 Å². The van der Waals surface area contributed by atoms with Crippen LogP contribution >= 0.6 is 11.3 Å². The first kappa shape index (κ1) is 18.8. The fraction of sp³-hybridized carbons (Fsp3) is 0.304. The molecule has 4 rings (SSSR count). The van der Waals surface area contributed by atoms with Crippen LogP contribution < -0.4 is 5.32 Å². The van der Waals surface area contributed by atoms with Crippen LogP contribution in [0.2, 0.25) is 0 Å². The summed E-state index contributed by atoms with van der Waals surface area (Å²) in [6.07, 6.45) is 4.21. The van der Waals surface area contributed by atoms with E-state index in [1.54, 1.807) is 11.3 Å². The minimum atomic E-state index is 0.0108. The Morgan fingerprint density at radius 3 is 2.64 bits per heavy atom. The number of hydrogen-bond acceptors (Lipinski definition) is 4. The molecular formula is C23H25N3OS. The van der Waals surface area contributed by atoms with Gasteiger partial charge in [0.15, 0.2) is 0 Å². The lowest BCUT2D eigenvalue weighted by Crippen LogP contribution is -2.40. The Hall–Kier alpha value is -2.50. The third kappa shape index (κ3) is 4.86. The summed E-state index contributed by atoms with van der Waals surface area (Å²) in [6.45, 7) is 3.79. The van der Waals surface area contributed by atoms with Crippen LogP contribution in [0.15, 0.2) is 66.2 Å². The third-order valence-electron chi connectivity index (χ3n) is 5.25. The molecular weight excluding hydrogens is 366 g/mol. The highest BCUT2D eigenvalue weighted by Crippen LogP contribution is 2.20. The van der Waals surface area contributed by atoms with Crippen molar-refractivity contribution in [3.8, 4) is 11.1 Å². The number of benzene rings is 2. The molecule has 3 aromatic rings. The van der Waals surface area contributed by atoms with E-state index < -0.39 is 0 Å². The lowest BCUT2D eigenvalue weighted by molar-refractivity contribution is 0.0930. The number of nitrogens with zero attached hydrogens (tertiary/aromatic N) is 2. The summed E-state index contributed by atoms with van der Waals surface area (Å²) in [5.41, 5.74) is 3.01. The summed E-state index contributed by atoms with van der Waals surface area (Å²) >= 11 is 1.71. The predicted octanol–water partition coefficient (Wildman–Crippen LogP) is 4.45. The zero-order chi connectivity index (χ0) is 19.2. The number of aromatic nitrogens is 1. The summed E-state index contributed by atoms with van der Waals surface area (Å²) in [4.78, 5) is 19.4. The Labute approximate surface area is 170 Å². The molecule has 0 spiro atoms. The molecule has 1 atom stereocenters. The van der Waals surface area contributed by atoms with E-state index in [4.69, 9.17) is 0 Å². The van der Waals surface area contributed by atoms with Crippen molar-refractivity contribution < 1.29 is 4.79 Å². The van der Waals surface area contributed by atoms with Crippen LogP contribution in [-0.4, -0.2) is 35.4 Å². The highest BCUT2D eigenvalue weighted by molar-refractivity contribution is 7.09. The number of piperidine rings is 1. The monoisotopic (exact) mass is 391 g/mol. The van der Waals surface area contributed by atoms with E-state index in [-0.39, 0.29) is 5.91 Å². The van der Waals surface area contributed by atoms with Gasteiger partial charge in [0.1, 0.15) is 5.01 Å². The van der Waals surface area contributed by atoms with Crippen LogP contribution in [0.5, 0.6) is 0 Å². The molecule has 1 fully saturated rings. The number of likely N-dealkylation sites (tertiary alicyclic amines) is 1. The van der Waals surface area contributed by atoms with Crippen LogP contribution in [-0.2, 0) is 6.54 Å². The van der Waals surface area contributed by atoms with E-state index in [1.165, 1.54) is 17.8 Å². The van der Waals surface area contributed by atoms with E-state index in [0.717, 1.165) is 42.9 Å². The first-order chi connectivity index (χ1) is 13.8. The Morgan fingerprint density at radius 2 is 1.89 bits per heavy atom. The maximum Gasteiger partial charge on any atom is 0.251 e. The van der Waals surface area contributed by atoms with Gasteiger partial charge in [-0.3, -0.25) is 9.69 Å². The van der Waals surface area contributed by atoms with Crippen LogP contribution in [0.25, 0.3) is 11.1 Å². The first-order valence-electron chi connectivity index (χ1n) is 9.82. The largest absolute Gasteiger partial charge is 0.352 e. The summed E-state index contributed by atoms with van der Waals surface area (Å²) in [7, 11) is 0. The van der Waals surface area contributed by atoms with Crippen molar-refractivity contribution in [3.05, 3.63) is 76.7 Å². The second-order valence-corrected chi connectivity index (χ2v) is 8.30. The number of rotatable bonds is 6. The van der Waals surface area contributed by atoms with Gasteiger partial charge in [-0.2, -0.15) is 0 Å². The van der Waals surface area contributed by atoms with Crippen molar-refractivity contribution in [3.63, 3.8) is 0 Å². The molecule has 1 aliphatic rings. The number of nitrogens with one attached hydrogen (secondary N) is 1. The van der Waals surface area contributed by atoms with Gasteiger partial charge in [-0.25, -0.2) is 4.98 Å². The standard InChI is InChI=1S/C23H25N3OS/c27-23(21-10-8-20(9-11-21)19-6-2-1-3-7-19)25-15-18-5-4-13-26(16-18)17-22-24-12-14-28-22/h1-3,6-12,14,18H,4-5,13,15-17H2,(H,25,27). The van der Waals surface area contributed by atoms with Gasteiger partial charge in [-0.05, 0) is 48.6 Å².